The molecule has 0 saturated carbocycles. The number of carbonyl (C=O) groups is 1. The number of hydrogen-bond acceptors (Lipinski definition) is 3. The quantitative estimate of drug-likeness (QED) is 0.621. The summed E-state index contributed by atoms with van der Waals surface area (Å²) in [5, 5.41) is 0.254. The molecule has 2 nitrogen and oxygen atoms in total. The van der Waals surface area contributed by atoms with Crippen molar-refractivity contribution in [3.05, 3.63) is 22.6 Å². The molecule has 0 fully saturated rings. The van der Waals surface area contributed by atoms with E-state index >= 15 is 0 Å². The molecule has 0 spiro atoms. The first kappa shape index (κ1) is 10.7. The van der Waals surface area contributed by atoms with Crippen molar-refractivity contribution in [1.29, 1.82) is 0 Å². The van der Waals surface area contributed by atoms with Crippen molar-refractivity contribution >= 4 is 33.5 Å². The summed E-state index contributed by atoms with van der Waals surface area (Å²) in [7, 11) is 0. The van der Waals surface area contributed by atoms with Crippen molar-refractivity contribution in [2.75, 3.05) is 5.75 Å². The lowest BCUT2D eigenvalue weighted by atomic mass is 10.5. The van der Waals surface area contributed by atoms with E-state index in [9.17, 15) is 9.18 Å². The van der Waals surface area contributed by atoms with Gasteiger partial charge in [-0.1, -0.05) is 11.8 Å². The Morgan fingerprint density at radius 1 is 1.69 bits per heavy atom. The Bertz CT molecular complexity index is 332. The van der Waals surface area contributed by atoms with E-state index in [2.05, 4.69) is 20.9 Å². The van der Waals surface area contributed by atoms with Crippen molar-refractivity contribution < 1.29 is 9.18 Å². The minimum absolute atomic E-state index is 0.00572. The molecule has 1 aromatic heterocycles. The Morgan fingerprint density at radius 2 is 2.38 bits per heavy atom. The Labute approximate surface area is 88.1 Å². The molecule has 0 aliphatic rings. The average Bonchev–Trinajstić information content (AvgIpc) is 2.06. The zero-order valence-electron chi connectivity index (χ0n) is 6.88. The van der Waals surface area contributed by atoms with E-state index in [4.69, 9.17) is 0 Å². The lowest BCUT2D eigenvalue weighted by molar-refractivity contribution is -0.114. The van der Waals surface area contributed by atoms with Gasteiger partial charge >= 0.3 is 0 Å². The van der Waals surface area contributed by atoms with Crippen LogP contribution in [0, 0.1) is 5.82 Å². The fraction of sp³-hybridized carbons (Fsp3) is 0.250. The second-order valence-corrected chi connectivity index (χ2v) is 4.19. The van der Waals surface area contributed by atoms with Crippen molar-refractivity contribution in [2.24, 2.45) is 0 Å². The number of thioether (sulfide) groups is 1. The molecule has 1 heterocycles. The number of ketones is 1. The predicted molar refractivity (Wildman–Crippen MR) is 53.3 cm³/mol. The second kappa shape index (κ2) is 4.72. The van der Waals surface area contributed by atoms with Crippen LogP contribution >= 0.6 is 27.7 Å². The maximum absolute atomic E-state index is 13.0. The van der Waals surface area contributed by atoms with Gasteiger partial charge in [-0.3, -0.25) is 4.79 Å². The predicted octanol–water partition coefficient (Wildman–Crippen LogP) is 2.66. The number of halogens is 2. The van der Waals surface area contributed by atoms with E-state index in [0.717, 1.165) is 11.8 Å². The number of Topliss-reactive ketones (excluding diaryl/α,β-unsaturated/α-hetero) is 1. The number of aromatic nitrogens is 1. The van der Waals surface area contributed by atoms with Crippen LogP contribution in [0.1, 0.15) is 6.92 Å². The zero-order chi connectivity index (χ0) is 9.84. The highest BCUT2D eigenvalue weighted by Gasteiger charge is 2.06. The third-order valence-electron chi connectivity index (χ3n) is 1.19. The van der Waals surface area contributed by atoms with Crippen LogP contribution in [-0.4, -0.2) is 16.5 Å². The SMILES string of the molecule is CC(=O)CSc1nc(Br)ccc1F. The highest BCUT2D eigenvalue weighted by molar-refractivity contribution is 9.10. The molecule has 1 aromatic rings. The average molecular weight is 264 g/mol. The van der Waals surface area contributed by atoms with Gasteiger partial charge in [0.1, 0.15) is 15.4 Å². The van der Waals surface area contributed by atoms with E-state index in [1.165, 1.54) is 19.1 Å². The lowest BCUT2D eigenvalue weighted by Crippen LogP contribution is -1.95. The molecule has 1 rings (SSSR count). The molecule has 0 saturated heterocycles. The zero-order valence-corrected chi connectivity index (χ0v) is 9.28. The summed E-state index contributed by atoms with van der Waals surface area (Å²) in [6.07, 6.45) is 0. The van der Waals surface area contributed by atoms with E-state index < -0.39 is 5.82 Å². The maximum atomic E-state index is 13.0. The van der Waals surface area contributed by atoms with Gasteiger partial charge < -0.3 is 0 Å². The van der Waals surface area contributed by atoms with Gasteiger partial charge in [-0.25, -0.2) is 9.37 Å². The fourth-order valence-corrected chi connectivity index (χ4v) is 1.81. The monoisotopic (exact) mass is 263 g/mol. The largest absolute Gasteiger partial charge is 0.299 e. The van der Waals surface area contributed by atoms with Crippen molar-refractivity contribution in [1.82, 2.24) is 4.98 Å². The van der Waals surface area contributed by atoms with E-state index in [1.54, 1.807) is 0 Å². The third kappa shape index (κ3) is 3.44. The van der Waals surface area contributed by atoms with Gasteiger partial charge in [-0.05, 0) is 35.0 Å². The van der Waals surface area contributed by atoms with Crippen LogP contribution < -0.4 is 0 Å². The van der Waals surface area contributed by atoms with Crippen molar-refractivity contribution in [3.8, 4) is 0 Å². The van der Waals surface area contributed by atoms with Crippen LogP contribution in [0.4, 0.5) is 4.39 Å². The molecule has 0 N–H and O–H groups in total. The number of hydrogen-bond donors (Lipinski definition) is 0. The minimum Gasteiger partial charge on any atom is -0.299 e. The van der Waals surface area contributed by atoms with Crippen LogP contribution in [0.5, 0.6) is 0 Å². The van der Waals surface area contributed by atoms with E-state index in [0.29, 0.717) is 4.60 Å². The van der Waals surface area contributed by atoms with Gasteiger partial charge in [0, 0.05) is 0 Å². The molecule has 5 heteroatoms. The molecule has 0 amide bonds. The summed E-state index contributed by atoms with van der Waals surface area (Å²) in [4.78, 5) is 14.5. The number of pyridine rings is 1. The molecule has 0 atom stereocenters. The van der Waals surface area contributed by atoms with E-state index in [-0.39, 0.29) is 16.6 Å². The Hall–Kier alpha value is -0.420. The van der Waals surface area contributed by atoms with Crippen LogP contribution in [0.2, 0.25) is 0 Å². The van der Waals surface area contributed by atoms with Crippen LogP contribution in [0.3, 0.4) is 0 Å². The molecule has 0 radical (unpaired) electrons. The Balaban J connectivity index is 2.75. The third-order valence-corrected chi connectivity index (χ3v) is 2.74. The summed E-state index contributed by atoms with van der Waals surface area (Å²) in [6.45, 7) is 1.46. The molecule has 0 aliphatic heterocycles. The summed E-state index contributed by atoms with van der Waals surface area (Å²) in [5.74, 6) is -0.138. The maximum Gasteiger partial charge on any atom is 0.155 e. The van der Waals surface area contributed by atoms with E-state index in [1.807, 2.05) is 0 Å². The van der Waals surface area contributed by atoms with Gasteiger partial charge in [0.2, 0.25) is 0 Å². The molecular formula is C8H7BrFNOS. The fourth-order valence-electron chi connectivity index (χ4n) is 0.672. The normalized spacial score (nSPS) is 10.1. The smallest absolute Gasteiger partial charge is 0.155 e. The summed E-state index contributed by atoms with van der Waals surface area (Å²) in [6, 6.07) is 2.84. The highest BCUT2D eigenvalue weighted by atomic mass is 79.9. The molecule has 0 bridgehead atoms. The molecule has 0 aromatic carbocycles. The minimum atomic E-state index is -0.394. The first-order valence-corrected chi connectivity index (χ1v) is 5.31. The van der Waals surface area contributed by atoms with Crippen molar-refractivity contribution in [2.45, 2.75) is 11.9 Å². The topological polar surface area (TPSA) is 30.0 Å². The standard InChI is InChI=1S/C8H7BrFNOS/c1-5(12)4-13-8-6(10)2-3-7(9)11-8/h2-3H,4H2,1H3. The first-order valence-electron chi connectivity index (χ1n) is 3.54. The molecule has 0 unspecified atom stereocenters. The molecule has 13 heavy (non-hydrogen) atoms. The summed E-state index contributed by atoms with van der Waals surface area (Å²) in [5.41, 5.74) is 0. The Kier molecular flexibility index (Phi) is 3.87. The highest BCUT2D eigenvalue weighted by Crippen LogP contribution is 2.21. The lowest BCUT2D eigenvalue weighted by Gasteiger charge is -2.00. The van der Waals surface area contributed by atoms with Crippen LogP contribution in [0.25, 0.3) is 0 Å². The molecule has 70 valence electrons. The number of carbonyl (C=O) groups excluding carboxylic acids is 1. The number of nitrogens with zero attached hydrogens (tertiary/aromatic N) is 1. The Morgan fingerprint density at radius 3 is 3.00 bits per heavy atom. The van der Waals surface area contributed by atoms with Crippen molar-refractivity contribution in [3.63, 3.8) is 0 Å². The second-order valence-electron chi connectivity index (χ2n) is 2.41. The number of rotatable bonds is 3. The summed E-state index contributed by atoms with van der Waals surface area (Å²) < 4.78 is 13.6. The van der Waals surface area contributed by atoms with Gasteiger partial charge in [0.05, 0.1) is 5.75 Å². The van der Waals surface area contributed by atoms with Gasteiger partial charge in [0.25, 0.3) is 0 Å². The van der Waals surface area contributed by atoms with Gasteiger partial charge in [-0.2, -0.15) is 0 Å². The molecular weight excluding hydrogens is 257 g/mol. The summed E-state index contributed by atoms with van der Waals surface area (Å²) >= 11 is 4.23. The van der Waals surface area contributed by atoms with Crippen LogP contribution in [0.15, 0.2) is 21.8 Å². The molecule has 0 aliphatic carbocycles. The first-order chi connectivity index (χ1) is 6.09. The van der Waals surface area contributed by atoms with Crippen LogP contribution in [-0.2, 0) is 4.79 Å². The van der Waals surface area contributed by atoms with Gasteiger partial charge in [0.15, 0.2) is 5.82 Å². The van der Waals surface area contributed by atoms with Gasteiger partial charge in [-0.15, -0.1) is 0 Å².